The number of anilines is 1. The van der Waals surface area contributed by atoms with Gasteiger partial charge in [-0.3, -0.25) is 9.20 Å². The fourth-order valence-electron chi connectivity index (χ4n) is 2.96. The smallest absolute Gasteiger partial charge is 0.274 e. The summed E-state index contributed by atoms with van der Waals surface area (Å²) in [7, 11) is 0. The molecule has 1 amide bonds. The lowest BCUT2D eigenvalue weighted by Crippen LogP contribution is -2.16. The van der Waals surface area contributed by atoms with Gasteiger partial charge in [-0.2, -0.15) is 0 Å². The van der Waals surface area contributed by atoms with Gasteiger partial charge in [0.05, 0.1) is 10.7 Å². The van der Waals surface area contributed by atoms with Crippen molar-refractivity contribution >= 4 is 28.8 Å². The summed E-state index contributed by atoms with van der Waals surface area (Å²) in [5.74, 6) is -0.168. The van der Waals surface area contributed by atoms with Gasteiger partial charge < -0.3 is 5.32 Å². The van der Waals surface area contributed by atoms with Gasteiger partial charge >= 0.3 is 0 Å². The number of benzene rings is 1. The summed E-state index contributed by atoms with van der Waals surface area (Å²) >= 11 is 6.10. The average molecular weight is 342 g/mol. The lowest BCUT2D eigenvalue weighted by atomic mass is 10.1. The number of hydrogen-bond donors (Lipinski definition) is 1. The molecule has 0 aliphatic rings. The standard InChI is InChI=1S/C19H20ClN3O/c1-4-5-16-18(23-11-14(20)6-7-17(23)22-16)19(24)21-15-9-12(2)8-13(3)10-15/h6-11H,4-5H2,1-3H3,(H,21,24). The number of imidazole rings is 1. The third kappa shape index (κ3) is 3.29. The van der Waals surface area contributed by atoms with Crippen LogP contribution in [0.3, 0.4) is 0 Å². The van der Waals surface area contributed by atoms with Crippen LogP contribution in [0.2, 0.25) is 5.02 Å². The van der Waals surface area contributed by atoms with Crippen LogP contribution in [-0.4, -0.2) is 15.3 Å². The van der Waals surface area contributed by atoms with Gasteiger partial charge in [-0.1, -0.05) is 31.0 Å². The molecule has 0 bridgehead atoms. The zero-order valence-electron chi connectivity index (χ0n) is 14.1. The zero-order valence-corrected chi connectivity index (χ0v) is 14.8. The molecule has 4 nitrogen and oxygen atoms in total. The maximum atomic E-state index is 12.9. The maximum absolute atomic E-state index is 12.9. The molecule has 24 heavy (non-hydrogen) atoms. The highest BCUT2D eigenvalue weighted by molar-refractivity contribution is 6.30. The van der Waals surface area contributed by atoms with E-state index in [1.54, 1.807) is 16.7 Å². The molecule has 0 unspecified atom stereocenters. The number of aromatic nitrogens is 2. The zero-order chi connectivity index (χ0) is 17.3. The number of pyridine rings is 1. The molecule has 1 N–H and O–H groups in total. The first-order chi connectivity index (χ1) is 11.5. The molecular weight excluding hydrogens is 322 g/mol. The molecule has 0 radical (unpaired) electrons. The third-order valence-electron chi connectivity index (χ3n) is 3.84. The minimum Gasteiger partial charge on any atom is -0.321 e. The van der Waals surface area contributed by atoms with Crippen LogP contribution in [0, 0.1) is 13.8 Å². The van der Waals surface area contributed by atoms with Crippen LogP contribution in [0.4, 0.5) is 5.69 Å². The van der Waals surface area contributed by atoms with E-state index in [-0.39, 0.29) is 5.91 Å². The predicted molar refractivity (Wildman–Crippen MR) is 98.1 cm³/mol. The Morgan fingerprint density at radius 3 is 2.58 bits per heavy atom. The van der Waals surface area contributed by atoms with Gasteiger partial charge in [-0.25, -0.2) is 4.98 Å². The molecule has 2 aromatic heterocycles. The molecule has 3 rings (SSSR count). The van der Waals surface area contributed by atoms with Gasteiger partial charge in [0.1, 0.15) is 11.3 Å². The summed E-state index contributed by atoms with van der Waals surface area (Å²) in [6.07, 6.45) is 3.40. The van der Waals surface area contributed by atoms with Crippen molar-refractivity contribution in [1.82, 2.24) is 9.38 Å². The van der Waals surface area contributed by atoms with Crippen molar-refractivity contribution in [2.24, 2.45) is 0 Å². The van der Waals surface area contributed by atoms with E-state index in [0.29, 0.717) is 10.7 Å². The largest absolute Gasteiger partial charge is 0.321 e. The van der Waals surface area contributed by atoms with Crippen LogP contribution in [0.25, 0.3) is 5.65 Å². The molecular formula is C19H20ClN3O. The molecule has 0 saturated heterocycles. The molecule has 5 heteroatoms. The van der Waals surface area contributed by atoms with Crippen LogP contribution >= 0.6 is 11.6 Å². The topological polar surface area (TPSA) is 46.4 Å². The second-order valence-corrected chi connectivity index (χ2v) is 6.50. The van der Waals surface area contributed by atoms with E-state index in [1.165, 1.54) is 0 Å². The molecule has 124 valence electrons. The monoisotopic (exact) mass is 341 g/mol. The van der Waals surface area contributed by atoms with Crippen LogP contribution in [0.5, 0.6) is 0 Å². The molecule has 0 fully saturated rings. The van der Waals surface area contributed by atoms with Gasteiger partial charge in [0, 0.05) is 11.9 Å². The van der Waals surface area contributed by atoms with Crippen molar-refractivity contribution in [3.63, 3.8) is 0 Å². The third-order valence-corrected chi connectivity index (χ3v) is 4.06. The SMILES string of the molecule is CCCc1nc2ccc(Cl)cn2c1C(=O)Nc1cc(C)cc(C)c1. The Hall–Kier alpha value is -2.33. The summed E-state index contributed by atoms with van der Waals surface area (Å²) in [5, 5.41) is 3.57. The Morgan fingerprint density at radius 2 is 1.92 bits per heavy atom. The Bertz CT molecular complexity index is 894. The molecule has 0 aliphatic carbocycles. The van der Waals surface area contributed by atoms with E-state index in [9.17, 15) is 4.79 Å². The fraction of sp³-hybridized carbons (Fsp3) is 0.263. The number of carbonyl (C=O) groups is 1. The van der Waals surface area contributed by atoms with Gasteiger partial charge in [0.2, 0.25) is 0 Å². The quantitative estimate of drug-likeness (QED) is 0.740. The average Bonchev–Trinajstić information content (AvgIpc) is 2.83. The first-order valence-electron chi connectivity index (χ1n) is 8.04. The highest BCUT2D eigenvalue weighted by Gasteiger charge is 2.19. The Kier molecular flexibility index (Phi) is 4.58. The lowest BCUT2D eigenvalue weighted by Gasteiger charge is -2.09. The van der Waals surface area contributed by atoms with E-state index >= 15 is 0 Å². The van der Waals surface area contributed by atoms with E-state index in [2.05, 4.69) is 23.3 Å². The first kappa shape index (κ1) is 16.5. The molecule has 0 aliphatic heterocycles. The summed E-state index contributed by atoms with van der Waals surface area (Å²) in [6.45, 7) is 6.10. The minimum absolute atomic E-state index is 0.168. The van der Waals surface area contributed by atoms with Gasteiger partial charge in [0.15, 0.2) is 0 Å². The summed E-state index contributed by atoms with van der Waals surface area (Å²) in [5.41, 5.74) is 5.08. The van der Waals surface area contributed by atoms with E-state index in [4.69, 9.17) is 11.6 Å². The Morgan fingerprint density at radius 1 is 1.21 bits per heavy atom. The van der Waals surface area contributed by atoms with Crippen molar-refractivity contribution in [2.45, 2.75) is 33.6 Å². The number of carbonyl (C=O) groups excluding carboxylic acids is 1. The normalized spacial score (nSPS) is 11.0. The Labute approximate surface area is 146 Å². The molecule has 3 aromatic rings. The highest BCUT2D eigenvalue weighted by atomic mass is 35.5. The minimum atomic E-state index is -0.168. The molecule has 0 atom stereocenters. The Balaban J connectivity index is 2.04. The number of fused-ring (bicyclic) bond motifs is 1. The van der Waals surface area contributed by atoms with E-state index in [0.717, 1.165) is 41.0 Å². The van der Waals surface area contributed by atoms with Crippen molar-refractivity contribution in [3.05, 3.63) is 64.1 Å². The number of nitrogens with one attached hydrogen (secondary N) is 1. The van der Waals surface area contributed by atoms with Crippen molar-refractivity contribution in [1.29, 1.82) is 0 Å². The number of rotatable bonds is 4. The molecule has 0 saturated carbocycles. The van der Waals surface area contributed by atoms with Gasteiger partial charge in [-0.15, -0.1) is 0 Å². The second-order valence-electron chi connectivity index (χ2n) is 6.06. The van der Waals surface area contributed by atoms with Crippen LogP contribution in [-0.2, 0) is 6.42 Å². The number of aryl methyl sites for hydroxylation is 3. The molecule has 0 spiro atoms. The maximum Gasteiger partial charge on any atom is 0.274 e. The highest BCUT2D eigenvalue weighted by Crippen LogP contribution is 2.20. The summed E-state index contributed by atoms with van der Waals surface area (Å²) in [6, 6.07) is 9.60. The van der Waals surface area contributed by atoms with Crippen LogP contribution in [0.15, 0.2) is 36.5 Å². The summed E-state index contributed by atoms with van der Waals surface area (Å²) in [4.78, 5) is 17.5. The van der Waals surface area contributed by atoms with Crippen molar-refractivity contribution in [2.75, 3.05) is 5.32 Å². The van der Waals surface area contributed by atoms with Crippen molar-refractivity contribution in [3.8, 4) is 0 Å². The first-order valence-corrected chi connectivity index (χ1v) is 8.42. The number of nitrogens with zero attached hydrogens (tertiary/aromatic N) is 2. The number of hydrogen-bond acceptors (Lipinski definition) is 2. The predicted octanol–water partition coefficient (Wildman–Crippen LogP) is 4.81. The van der Waals surface area contributed by atoms with Gasteiger partial charge in [-0.05, 0) is 55.7 Å². The fourth-order valence-corrected chi connectivity index (χ4v) is 3.12. The van der Waals surface area contributed by atoms with Crippen LogP contribution in [0.1, 0.15) is 40.7 Å². The number of amides is 1. The number of halogens is 1. The van der Waals surface area contributed by atoms with Crippen molar-refractivity contribution < 1.29 is 4.79 Å². The van der Waals surface area contributed by atoms with Gasteiger partial charge in [0.25, 0.3) is 5.91 Å². The molecule has 2 heterocycles. The van der Waals surface area contributed by atoms with Crippen LogP contribution < -0.4 is 5.32 Å². The second kappa shape index (κ2) is 6.65. The summed E-state index contributed by atoms with van der Waals surface area (Å²) < 4.78 is 1.77. The molecule has 1 aromatic carbocycles. The van der Waals surface area contributed by atoms with E-state index < -0.39 is 0 Å². The lowest BCUT2D eigenvalue weighted by molar-refractivity contribution is 0.102. The van der Waals surface area contributed by atoms with E-state index in [1.807, 2.05) is 32.0 Å².